The van der Waals surface area contributed by atoms with Gasteiger partial charge in [0.2, 0.25) is 5.91 Å². The van der Waals surface area contributed by atoms with Crippen LogP contribution >= 0.6 is 0 Å². The first kappa shape index (κ1) is 16.1. The maximum Gasteiger partial charge on any atom is 0.237 e. The molecule has 1 aromatic carbocycles. The summed E-state index contributed by atoms with van der Waals surface area (Å²) < 4.78 is 24.1. The number of primary amides is 1. The van der Waals surface area contributed by atoms with Crippen molar-refractivity contribution in [3.8, 4) is 6.07 Å². The van der Waals surface area contributed by atoms with Crippen LogP contribution in [0, 0.1) is 11.3 Å². The van der Waals surface area contributed by atoms with Crippen LogP contribution < -0.4 is 11.1 Å². The van der Waals surface area contributed by atoms with Crippen LogP contribution in [0.3, 0.4) is 0 Å². The molecule has 0 atom stereocenters. The van der Waals surface area contributed by atoms with Crippen LogP contribution in [0.5, 0.6) is 0 Å². The molecule has 0 spiro atoms. The van der Waals surface area contributed by atoms with Crippen LogP contribution in [0.15, 0.2) is 29.2 Å². The molecule has 7 heteroatoms. The van der Waals surface area contributed by atoms with Crippen molar-refractivity contribution in [2.75, 3.05) is 12.3 Å². The minimum absolute atomic E-state index is 0.109. The SMILES string of the molecule is CC(C)(NCCS(=O)(=O)c1ccc(C#N)cc1)C(N)=O. The third-order valence-electron chi connectivity index (χ3n) is 2.90. The van der Waals surface area contributed by atoms with Crippen molar-refractivity contribution in [2.45, 2.75) is 24.3 Å². The highest BCUT2D eigenvalue weighted by molar-refractivity contribution is 7.91. The summed E-state index contributed by atoms with van der Waals surface area (Å²) in [5.74, 6) is -0.705. The zero-order valence-corrected chi connectivity index (χ0v) is 12.2. The van der Waals surface area contributed by atoms with Crippen molar-refractivity contribution < 1.29 is 13.2 Å². The number of hydrogen-bond donors (Lipinski definition) is 2. The molecule has 0 aliphatic rings. The van der Waals surface area contributed by atoms with Gasteiger partial charge < -0.3 is 11.1 Å². The summed E-state index contributed by atoms with van der Waals surface area (Å²) in [5, 5.41) is 11.5. The molecule has 0 bridgehead atoms. The molecule has 0 fully saturated rings. The summed E-state index contributed by atoms with van der Waals surface area (Å²) in [6, 6.07) is 7.62. The number of nitrogens with one attached hydrogen (secondary N) is 1. The van der Waals surface area contributed by atoms with Gasteiger partial charge in [-0.3, -0.25) is 4.79 Å². The lowest BCUT2D eigenvalue weighted by molar-refractivity contribution is -0.123. The highest BCUT2D eigenvalue weighted by Gasteiger charge is 2.24. The van der Waals surface area contributed by atoms with E-state index in [0.717, 1.165) is 0 Å². The molecule has 1 rings (SSSR count). The predicted molar refractivity (Wildman–Crippen MR) is 74.5 cm³/mol. The van der Waals surface area contributed by atoms with Crippen molar-refractivity contribution in [3.05, 3.63) is 29.8 Å². The Labute approximate surface area is 118 Å². The highest BCUT2D eigenvalue weighted by Crippen LogP contribution is 2.12. The summed E-state index contributed by atoms with van der Waals surface area (Å²) in [6.45, 7) is 3.28. The van der Waals surface area contributed by atoms with E-state index in [2.05, 4.69) is 5.32 Å². The molecule has 6 nitrogen and oxygen atoms in total. The number of amides is 1. The number of nitrogens with two attached hydrogens (primary N) is 1. The van der Waals surface area contributed by atoms with Gasteiger partial charge in [-0.05, 0) is 38.1 Å². The van der Waals surface area contributed by atoms with Crippen molar-refractivity contribution in [1.29, 1.82) is 5.26 Å². The van der Waals surface area contributed by atoms with Crippen molar-refractivity contribution in [1.82, 2.24) is 5.32 Å². The van der Waals surface area contributed by atoms with Gasteiger partial charge in [0.1, 0.15) is 0 Å². The van der Waals surface area contributed by atoms with E-state index >= 15 is 0 Å². The lowest BCUT2D eigenvalue weighted by atomic mass is 10.1. The van der Waals surface area contributed by atoms with Gasteiger partial charge in [-0.2, -0.15) is 5.26 Å². The Morgan fingerprint density at radius 3 is 2.35 bits per heavy atom. The smallest absolute Gasteiger partial charge is 0.237 e. The van der Waals surface area contributed by atoms with Gasteiger partial charge in [0.25, 0.3) is 0 Å². The molecule has 1 aromatic rings. The topological polar surface area (TPSA) is 113 Å². The Kier molecular flexibility index (Phi) is 4.87. The molecule has 1 amide bonds. The van der Waals surface area contributed by atoms with Crippen molar-refractivity contribution in [2.24, 2.45) is 5.73 Å². The lowest BCUT2D eigenvalue weighted by Crippen LogP contribution is -2.51. The summed E-state index contributed by atoms with van der Waals surface area (Å²) in [5.41, 5.74) is 4.62. The van der Waals surface area contributed by atoms with Gasteiger partial charge in [0.15, 0.2) is 9.84 Å². The number of hydrogen-bond acceptors (Lipinski definition) is 5. The number of sulfone groups is 1. The minimum Gasteiger partial charge on any atom is -0.368 e. The van der Waals surface area contributed by atoms with Gasteiger partial charge in [0.05, 0.1) is 27.8 Å². The number of carbonyl (C=O) groups excluding carboxylic acids is 1. The maximum atomic E-state index is 12.0. The standard InChI is InChI=1S/C13H17N3O3S/c1-13(2,12(15)17)16-7-8-20(18,19)11-5-3-10(9-14)4-6-11/h3-6,16H,7-8H2,1-2H3,(H2,15,17). The van der Waals surface area contributed by atoms with E-state index in [1.807, 2.05) is 6.07 Å². The molecule has 20 heavy (non-hydrogen) atoms. The van der Waals surface area contributed by atoms with Crippen LogP contribution in [-0.2, 0) is 14.6 Å². The molecule has 0 radical (unpaired) electrons. The van der Waals surface area contributed by atoms with Gasteiger partial charge in [-0.1, -0.05) is 0 Å². The third-order valence-corrected chi connectivity index (χ3v) is 4.63. The summed E-state index contributed by atoms with van der Waals surface area (Å²) in [4.78, 5) is 11.2. The van der Waals surface area contributed by atoms with Crippen LogP contribution in [0.25, 0.3) is 0 Å². The van der Waals surface area contributed by atoms with E-state index in [1.54, 1.807) is 13.8 Å². The van der Waals surface area contributed by atoms with E-state index in [-0.39, 0.29) is 17.2 Å². The summed E-state index contributed by atoms with van der Waals surface area (Å²) >= 11 is 0. The molecule has 0 aromatic heterocycles. The Morgan fingerprint density at radius 2 is 1.90 bits per heavy atom. The number of nitriles is 1. The van der Waals surface area contributed by atoms with Crippen molar-refractivity contribution >= 4 is 15.7 Å². The normalized spacial score (nSPS) is 11.8. The van der Waals surface area contributed by atoms with E-state index < -0.39 is 21.3 Å². The zero-order chi connectivity index (χ0) is 15.4. The molecule has 3 N–H and O–H groups in total. The van der Waals surface area contributed by atoms with Crippen molar-refractivity contribution in [3.63, 3.8) is 0 Å². The fraction of sp³-hybridized carbons (Fsp3) is 0.385. The summed E-state index contributed by atoms with van der Waals surface area (Å²) in [6.07, 6.45) is 0. The second-order valence-electron chi connectivity index (χ2n) is 4.87. The predicted octanol–water partition coefficient (Wildman–Crippen LogP) is 0.185. The molecular weight excluding hydrogens is 278 g/mol. The van der Waals surface area contributed by atoms with Crippen LogP contribution in [0.2, 0.25) is 0 Å². The Morgan fingerprint density at radius 1 is 1.35 bits per heavy atom. The summed E-state index contributed by atoms with van der Waals surface area (Å²) in [7, 11) is -3.46. The molecule has 0 saturated carbocycles. The van der Waals surface area contributed by atoms with Gasteiger partial charge in [0, 0.05) is 6.54 Å². The first-order chi connectivity index (χ1) is 9.19. The largest absolute Gasteiger partial charge is 0.368 e. The third kappa shape index (κ3) is 4.05. The van der Waals surface area contributed by atoms with Gasteiger partial charge in [-0.15, -0.1) is 0 Å². The van der Waals surface area contributed by atoms with Crippen LogP contribution in [0.1, 0.15) is 19.4 Å². The first-order valence-corrected chi connectivity index (χ1v) is 7.62. The monoisotopic (exact) mass is 295 g/mol. The van der Waals surface area contributed by atoms with Crippen LogP contribution in [0.4, 0.5) is 0 Å². The highest BCUT2D eigenvalue weighted by atomic mass is 32.2. The number of rotatable bonds is 6. The average Bonchev–Trinajstić information content (AvgIpc) is 2.38. The average molecular weight is 295 g/mol. The Balaban J connectivity index is 2.71. The Bertz CT molecular complexity index is 628. The fourth-order valence-corrected chi connectivity index (χ4v) is 2.60. The Hall–Kier alpha value is -1.91. The number of benzene rings is 1. The molecule has 0 heterocycles. The molecule has 0 saturated heterocycles. The molecule has 0 unspecified atom stereocenters. The quantitative estimate of drug-likeness (QED) is 0.777. The second-order valence-corrected chi connectivity index (χ2v) is 6.98. The van der Waals surface area contributed by atoms with E-state index in [0.29, 0.717) is 5.56 Å². The van der Waals surface area contributed by atoms with Gasteiger partial charge >= 0.3 is 0 Å². The van der Waals surface area contributed by atoms with E-state index in [1.165, 1.54) is 24.3 Å². The van der Waals surface area contributed by atoms with E-state index in [4.69, 9.17) is 11.0 Å². The first-order valence-electron chi connectivity index (χ1n) is 5.97. The zero-order valence-electron chi connectivity index (χ0n) is 11.4. The molecule has 108 valence electrons. The second kappa shape index (κ2) is 6.03. The number of carbonyl (C=O) groups is 1. The maximum absolute atomic E-state index is 12.0. The number of nitrogens with zero attached hydrogens (tertiary/aromatic N) is 1. The fourth-order valence-electron chi connectivity index (χ4n) is 1.44. The lowest BCUT2D eigenvalue weighted by Gasteiger charge is -2.22. The van der Waals surface area contributed by atoms with Crippen LogP contribution in [-0.4, -0.2) is 32.2 Å². The molecule has 0 aliphatic carbocycles. The minimum atomic E-state index is -3.46. The van der Waals surface area contributed by atoms with E-state index in [9.17, 15) is 13.2 Å². The molecular formula is C13H17N3O3S. The molecule has 0 aliphatic heterocycles. The van der Waals surface area contributed by atoms with Gasteiger partial charge in [-0.25, -0.2) is 8.42 Å².